The summed E-state index contributed by atoms with van der Waals surface area (Å²) in [6.07, 6.45) is 2.31. The molecular weight excluding hydrogens is 338 g/mol. The van der Waals surface area contributed by atoms with Crippen LogP contribution in [0.25, 0.3) is 10.9 Å². The number of fused-ring (bicyclic) bond motifs is 1. The zero-order valence-electron chi connectivity index (χ0n) is 14.0. The van der Waals surface area contributed by atoms with Gasteiger partial charge in [-0.3, -0.25) is 0 Å². The Balaban J connectivity index is 2.08. The van der Waals surface area contributed by atoms with E-state index in [0.29, 0.717) is 5.82 Å². The molecule has 0 bridgehead atoms. The number of hydrogen-bond acceptors (Lipinski definition) is 6. The third-order valence-electron chi connectivity index (χ3n) is 4.07. The number of phenolic OH excluding ortho intramolecular Hbond substituents is 1. The second-order valence-corrected chi connectivity index (χ2v) is 7.91. The zero-order chi connectivity index (χ0) is 18.0. The minimum Gasteiger partial charge on any atom is -0.506 e. The highest BCUT2D eigenvalue weighted by Gasteiger charge is 2.15. The summed E-state index contributed by atoms with van der Waals surface area (Å²) < 4.78 is 24.2. The Kier molecular flexibility index (Phi) is 4.59. The molecule has 0 saturated carbocycles. The molecule has 1 heterocycles. The van der Waals surface area contributed by atoms with Crippen molar-refractivity contribution < 1.29 is 13.5 Å². The van der Waals surface area contributed by atoms with E-state index in [0.717, 1.165) is 22.9 Å². The van der Waals surface area contributed by atoms with Gasteiger partial charge in [0.15, 0.2) is 9.84 Å². The first-order chi connectivity index (χ1) is 11.9. The topological polar surface area (TPSA) is 92.2 Å². The first kappa shape index (κ1) is 17.2. The van der Waals surface area contributed by atoms with E-state index in [2.05, 4.69) is 22.2 Å². The van der Waals surface area contributed by atoms with Crippen LogP contribution >= 0.6 is 0 Å². The molecule has 25 heavy (non-hydrogen) atoms. The highest BCUT2D eigenvalue weighted by atomic mass is 32.2. The Morgan fingerprint density at radius 2 is 1.88 bits per heavy atom. The monoisotopic (exact) mass is 357 g/mol. The lowest BCUT2D eigenvalue weighted by Crippen LogP contribution is -2.04. The van der Waals surface area contributed by atoms with Crippen molar-refractivity contribution in [2.75, 3.05) is 11.1 Å². The van der Waals surface area contributed by atoms with E-state index in [1.807, 2.05) is 18.2 Å². The van der Waals surface area contributed by atoms with E-state index in [9.17, 15) is 13.5 Å². The highest BCUT2D eigenvalue weighted by Crippen LogP contribution is 2.31. The van der Waals surface area contributed by atoms with Crippen molar-refractivity contribution in [3.8, 4) is 5.75 Å². The summed E-state index contributed by atoms with van der Waals surface area (Å²) in [4.78, 5) is 8.65. The van der Waals surface area contributed by atoms with Gasteiger partial charge in [0.05, 0.1) is 21.9 Å². The van der Waals surface area contributed by atoms with Crippen LogP contribution in [0, 0.1) is 0 Å². The van der Waals surface area contributed by atoms with Crippen LogP contribution < -0.4 is 5.32 Å². The van der Waals surface area contributed by atoms with Gasteiger partial charge in [0, 0.05) is 5.39 Å². The Morgan fingerprint density at radius 3 is 2.60 bits per heavy atom. The van der Waals surface area contributed by atoms with Crippen molar-refractivity contribution in [3.63, 3.8) is 0 Å². The fraction of sp³-hybridized carbons (Fsp3) is 0.222. The molecule has 0 atom stereocenters. The van der Waals surface area contributed by atoms with Crippen LogP contribution in [0.5, 0.6) is 5.75 Å². The summed E-state index contributed by atoms with van der Waals surface area (Å²) in [6, 6.07) is 10.1. The molecule has 3 aromatic rings. The summed E-state index contributed by atoms with van der Waals surface area (Å²) in [5.74, 6) is 0.461. The molecule has 0 saturated heterocycles. The van der Waals surface area contributed by atoms with Crippen molar-refractivity contribution in [3.05, 3.63) is 48.3 Å². The molecular formula is C18H19N3O3S. The minimum atomic E-state index is -3.37. The molecule has 0 aliphatic heterocycles. The summed E-state index contributed by atoms with van der Waals surface area (Å²) in [7, 11) is -3.37. The van der Waals surface area contributed by atoms with E-state index >= 15 is 0 Å². The summed E-state index contributed by atoms with van der Waals surface area (Å²) in [6.45, 7) is 3.64. The van der Waals surface area contributed by atoms with Crippen molar-refractivity contribution in [1.82, 2.24) is 9.97 Å². The second kappa shape index (κ2) is 6.68. The molecule has 0 aliphatic rings. The average molecular weight is 357 g/mol. The Labute approximate surface area is 146 Å². The number of benzene rings is 2. The van der Waals surface area contributed by atoms with Crippen LogP contribution in [0.15, 0.2) is 47.6 Å². The lowest BCUT2D eigenvalue weighted by molar-refractivity contribution is 0.477. The third-order valence-corrected chi connectivity index (χ3v) is 5.80. The predicted molar refractivity (Wildman–Crippen MR) is 98.0 cm³/mol. The zero-order valence-corrected chi connectivity index (χ0v) is 14.8. The molecule has 7 heteroatoms. The van der Waals surface area contributed by atoms with Crippen LogP contribution in [0.2, 0.25) is 0 Å². The van der Waals surface area contributed by atoms with Crippen LogP contribution in [-0.2, 0) is 16.3 Å². The Hall–Kier alpha value is -2.67. The number of sulfone groups is 1. The maximum Gasteiger partial charge on any atom is 0.178 e. The van der Waals surface area contributed by atoms with Crippen LogP contribution in [0.4, 0.5) is 11.5 Å². The van der Waals surface area contributed by atoms with Crippen molar-refractivity contribution in [2.45, 2.75) is 25.2 Å². The van der Waals surface area contributed by atoms with E-state index < -0.39 is 9.84 Å². The molecule has 0 unspecified atom stereocenters. The van der Waals surface area contributed by atoms with Crippen LogP contribution in [0.3, 0.4) is 0 Å². The van der Waals surface area contributed by atoms with Gasteiger partial charge >= 0.3 is 0 Å². The van der Waals surface area contributed by atoms with Gasteiger partial charge in [-0.2, -0.15) is 0 Å². The van der Waals surface area contributed by atoms with Gasteiger partial charge in [-0.05, 0) is 42.3 Å². The molecule has 0 amide bonds. The van der Waals surface area contributed by atoms with Crippen molar-refractivity contribution >= 4 is 32.2 Å². The van der Waals surface area contributed by atoms with Crippen molar-refractivity contribution in [2.24, 2.45) is 0 Å². The maximum absolute atomic E-state index is 12.1. The fourth-order valence-corrected chi connectivity index (χ4v) is 3.43. The first-order valence-electron chi connectivity index (χ1n) is 8.01. The fourth-order valence-electron chi connectivity index (χ4n) is 2.53. The molecule has 130 valence electrons. The maximum atomic E-state index is 12.1. The number of rotatable bonds is 5. The van der Waals surface area contributed by atoms with Crippen LogP contribution in [-0.4, -0.2) is 29.2 Å². The van der Waals surface area contributed by atoms with Gasteiger partial charge in [0.1, 0.15) is 17.9 Å². The normalized spacial score (nSPS) is 11.6. The quantitative estimate of drug-likeness (QED) is 0.680. The molecule has 6 nitrogen and oxygen atoms in total. The van der Waals surface area contributed by atoms with Gasteiger partial charge in [0.25, 0.3) is 0 Å². The number of nitrogens with one attached hydrogen (secondary N) is 1. The Morgan fingerprint density at radius 1 is 1.08 bits per heavy atom. The van der Waals surface area contributed by atoms with E-state index in [4.69, 9.17) is 0 Å². The number of hydrogen-bond donors (Lipinski definition) is 2. The lowest BCUT2D eigenvalue weighted by Gasteiger charge is -2.12. The summed E-state index contributed by atoms with van der Waals surface area (Å²) in [5, 5.41) is 14.0. The molecule has 2 aromatic carbocycles. The summed E-state index contributed by atoms with van der Waals surface area (Å²) >= 11 is 0. The third kappa shape index (κ3) is 3.41. The standard InChI is InChI=1S/C18H19N3O3S/c1-3-12-5-7-15-14(9-12)18(20-11-19-15)21-16-10-13(6-8-17(16)22)25(23,24)4-2/h5-11,22H,3-4H2,1-2H3,(H,19,20,21). The molecule has 0 spiro atoms. The molecule has 0 radical (unpaired) electrons. The molecule has 0 fully saturated rings. The molecule has 1 aromatic heterocycles. The number of phenols is 1. The number of aromatic nitrogens is 2. The van der Waals surface area contributed by atoms with Crippen LogP contribution in [0.1, 0.15) is 19.4 Å². The molecule has 0 aliphatic carbocycles. The number of anilines is 2. The van der Waals surface area contributed by atoms with Crippen molar-refractivity contribution in [1.29, 1.82) is 0 Å². The van der Waals surface area contributed by atoms with E-state index in [1.54, 1.807) is 6.92 Å². The van der Waals surface area contributed by atoms with Gasteiger partial charge < -0.3 is 10.4 Å². The van der Waals surface area contributed by atoms with E-state index in [-0.39, 0.29) is 22.1 Å². The highest BCUT2D eigenvalue weighted by molar-refractivity contribution is 7.91. The predicted octanol–water partition coefficient (Wildman–Crippen LogP) is 3.44. The lowest BCUT2D eigenvalue weighted by atomic mass is 10.1. The van der Waals surface area contributed by atoms with Gasteiger partial charge in [-0.25, -0.2) is 18.4 Å². The number of aromatic hydroxyl groups is 1. The van der Waals surface area contributed by atoms with E-state index in [1.165, 1.54) is 24.5 Å². The van der Waals surface area contributed by atoms with Gasteiger partial charge in [0.2, 0.25) is 0 Å². The number of aryl methyl sites for hydroxylation is 1. The number of nitrogens with zero attached hydrogens (tertiary/aromatic N) is 2. The smallest absolute Gasteiger partial charge is 0.178 e. The van der Waals surface area contributed by atoms with Gasteiger partial charge in [-0.1, -0.05) is 19.9 Å². The SMILES string of the molecule is CCc1ccc2ncnc(Nc3cc(S(=O)(=O)CC)ccc3O)c2c1. The minimum absolute atomic E-state index is 0.00644. The Bertz CT molecular complexity index is 1030. The first-order valence-corrected chi connectivity index (χ1v) is 9.66. The largest absolute Gasteiger partial charge is 0.506 e. The molecule has 2 N–H and O–H groups in total. The average Bonchev–Trinajstić information content (AvgIpc) is 2.63. The van der Waals surface area contributed by atoms with Gasteiger partial charge in [-0.15, -0.1) is 0 Å². The second-order valence-electron chi connectivity index (χ2n) is 5.63. The molecule has 3 rings (SSSR count). The summed E-state index contributed by atoms with van der Waals surface area (Å²) in [5.41, 5.74) is 2.19.